The first-order chi connectivity index (χ1) is 13.3. The topological polar surface area (TPSA) is 80.7 Å². The molecule has 0 aliphatic carbocycles. The van der Waals surface area contributed by atoms with Crippen molar-refractivity contribution in [3.8, 4) is 16.9 Å². The maximum absolute atomic E-state index is 14.4. The molecule has 0 fully saturated rings. The molecule has 0 amide bonds. The zero-order valence-corrected chi connectivity index (χ0v) is 15.7. The number of carboxylic acids is 1. The van der Waals surface area contributed by atoms with Crippen LogP contribution in [0.2, 0.25) is 0 Å². The third-order valence-corrected chi connectivity index (χ3v) is 5.94. The third-order valence-electron chi connectivity index (χ3n) is 4.20. The molecule has 1 N–H and O–H groups in total. The second-order valence-corrected chi connectivity index (χ2v) is 8.04. The van der Waals surface area contributed by atoms with Crippen LogP contribution in [0.25, 0.3) is 11.1 Å². The summed E-state index contributed by atoms with van der Waals surface area (Å²) in [5, 5.41) is 8.91. The number of hydrogen-bond acceptors (Lipinski definition) is 4. The van der Waals surface area contributed by atoms with E-state index in [1.54, 1.807) is 18.2 Å². The van der Waals surface area contributed by atoms with Gasteiger partial charge in [-0.1, -0.05) is 24.3 Å². The summed E-state index contributed by atoms with van der Waals surface area (Å²) in [6, 6.07) is 16.1. The largest absolute Gasteiger partial charge is 0.497 e. The van der Waals surface area contributed by atoms with Crippen LogP contribution in [0.15, 0.2) is 76.5 Å². The van der Waals surface area contributed by atoms with Crippen molar-refractivity contribution in [3.63, 3.8) is 0 Å². The molecule has 0 aliphatic rings. The van der Waals surface area contributed by atoms with Crippen LogP contribution >= 0.6 is 0 Å². The summed E-state index contributed by atoms with van der Waals surface area (Å²) in [5.41, 5.74) is 1.03. The van der Waals surface area contributed by atoms with Gasteiger partial charge in [-0.3, -0.25) is 4.79 Å². The molecule has 0 aliphatic heterocycles. The molecule has 3 aromatic rings. The molecule has 3 rings (SSSR count). The molecule has 0 aromatic heterocycles. The van der Waals surface area contributed by atoms with E-state index in [0.717, 1.165) is 0 Å². The first-order valence-corrected chi connectivity index (χ1v) is 9.79. The molecule has 0 saturated heterocycles. The fourth-order valence-electron chi connectivity index (χ4n) is 2.82. The molecule has 0 radical (unpaired) electrons. The van der Waals surface area contributed by atoms with Crippen molar-refractivity contribution in [3.05, 3.63) is 78.1 Å². The molecule has 0 bridgehead atoms. The number of sulfone groups is 1. The number of benzene rings is 3. The van der Waals surface area contributed by atoms with E-state index >= 15 is 0 Å². The molecule has 0 unspecified atom stereocenters. The van der Waals surface area contributed by atoms with Gasteiger partial charge in [-0.15, -0.1) is 0 Å². The SMILES string of the molecule is COc1ccc(-c2cccc(S(=O)(=O)c3cccc(CC(=O)O)c3)c2)c(F)c1. The summed E-state index contributed by atoms with van der Waals surface area (Å²) in [6.07, 6.45) is -0.277. The van der Waals surface area contributed by atoms with Crippen LogP contribution < -0.4 is 4.74 Å². The smallest absolute Gasteiger partial charge is 0.307 e. The van der Waals surface area contributed by atoms with E-state index in [9.17, 15) is 17.6 Å². The molecule has 0 atom stereocenters. The highest BCUT2D eigenvalue weighted by molar-refractivity contribution is 7.91. The maximum atomic E-state index is 14.4. The molecule has 0 saturated carbocycles. The van der Waals surface area contributed by atoms with Gasteiger partial charge in [-0.25, -0.2) is 12.8 Å². The number of halogens is 1. The van der Waals surface area contributed by atoms with Crippen molar-refractivity contribution in [2.75, 3.05) is 7.11 Å². The first-order valence-electron chi connectivity index (χ1n) is 8.31. The van der Waals surface area contributed by atoms with Gasteiger partial charge in [0.15, 0.2) is 0 Å². The van der Waals surface area contributed by atoms with Gasteiger partial charge in [0.2, 0.25) is 9.84 Å². The lowest BCUT2D eigenvalue weighted by Gasteiger charge is -2.10. The van der Waals surface area contributed by atoms with E-state index in [2.05, 4.69) is 0 Å². The number of carboxylic acid groups (broad SMARTS) is 1. The minimum Gasteiger partial charge on any atom is -0.497 e. The molecule has 7 heteroatoms. The quantitative estimate of drug-likeness (QED) is 0.677. The summed E-state index contributed by atoms with van der Waals surface area (Å²) >= 11 is 0. The standard InChI is InChI=1S/C21H17FO5S/c1-27-16-8-9-19(20(22)13-16)15-5-3-7-18(12-15)28(25,26)17-6-2-4-14(10-17)11-21(23)24/h2-10,12-13H,11H2,1H3,(H,23,24). The van der Waals surface area contributed by atoms with E-state index in [0.29, 0.717) is 16.9 Å². The summed E-state index contributed by atoms with van der Waals surface area (Å²) in [4.78, 5) is 10.9. The summed E-state index contributed by atoms with van der Waals surface area (Å²) in [6.45, 7) is 0. The minimum atomic E-state index is -3.89. The molecule has 0 spiro atoms. The van der Waals surface area contributed by atoms with Crippen LogP contribution in [0.4, 0.5) is 4.39 Å². The van der Waals surface area contributed by atoms with Crippen molar-refractivity contribution < 1.29 is 27.4 Å². The highest BCUT2D eigenvalue weighted by Crippen LogP contribution is 2.30. The molecular weight excluding hydrogens is 383 g/mol. The van der Waals surface area contributed by atoms with Crippen LogP contribution in [0.1, 0.15) is 5.56 Å². The fourth-order valence-corrected chi connectivity index (χ4v) is 4.20. The molecule has 144 valence electrons. The van der Waals surface area contributed by atoms with Crippen LogP contribution in [0.3, 0.4) is 0 Å². The van der Waals surface area contributed by atoms with Crippen LogP contribution in [-0.2, 0) is 21.1 Å². The Labute approximate surface area is 162 Å². The van der Waals surface area contributed by atoms with Crippen LogP contribution in [0, 0.1) is 5.82 Å². The zero-order chi connectivity index (χ0) is 20.3. The van der Waals surface area contributed by atoms with E-state index in [1.165, 1.54) is 55.6 Å². The van der Waals surface area contributed by atoms with Gasteiger partial charge >= 0.3 is 5.97 Å². The Morgan fingerprint density at radius 2 is 1.68 bits per heavy atom. The molecular formula is C21H17FO5S. The van der Waals surface area contributed by atoms with Gasteiger partial charge < -0.3 is 9.84 Å². The lowest BCUT2D eigenvalue weighted by Crippen LogP contribution is -2.05. The van der Waals surface area contributed by atoms with Crippen molar-refractivity contribution in [1.82, 2.24) is 0 Å². The van der Waals surface area contributed by atoms with Crippen LogP contribution in [0.5, 0.6) is 5.75 Å². The van der Waals surface area contributed by atoms with E-state index < -0.39 is 21.6 Å². The number of hydrogen-bond donors (Lipinski definition) is 1. The molecule has 3 aromatic carbocycles. The second-order valence-electron chi connectivity index (χ2n) is 6.09. The van der Waals surface area contributed by atoms with E-state index in [1.807, 2.05) is 0 Å². The highest BCUT2D eigenvalue weighted by atomic mass is 32.2. The summed E-state index contributed by atoms with van der Waals surface area (Å²) < 4.78 is 45.3. The molecule has 5 nitrogen and oxygen atoms in total. The van der Waals surface area contributed by atoms with Crippen molar-refractivity contribution in [1.29, 1.82) is 0 Å². The lowest BCUT2D eigenvalue weighted by atomic mass is 10.1. The number of aliphatic carboxylic acids is 1. The van der Waals surface area contributed by atoms with E-state index in [-0.39, 0.29) is 21.8 Å². The minimum absolute atomic E-state index is 0.00677. The monoisotopic (exact) mass is 400 g/mol. The summed E-state index contributed by atoms with van der Waals surface area (Å²) in [5.74, 6) is -1.22. The van der Waals surface area contributed by atoms with Crippen molar-refractivity contribution >= 4 is 15.8 Å². The lowest BCUT2D eigenvalue weighted by molar-refractivity contribution is -0.136. The predicted octanol–water partition coefficient (Wildman–Crippen LogP) is 3.96. The van der Waals surface area contributed by atoms with Gasteiger partial charge in [0.25, 0.3) is 0 Å². The average Bonchev–Trinajstić information content (AvgIpc) is 2.67. The highest BCUT2D eigenvalue weighted by Gasteiger charge is 2.19. The Kier molecular flexibility index (Phi) is 5.46. The predicted molar refractivity (Wildman–Crippen MR) is 102 cm³/mol. The number of methoxy groups -OCH3 is 1. The second kappa shape index (κ2) is 7.82. The van der Waals surface area contributed by atoms with Crippen molar-refractivity contribution in [2.45, 2.75) is 16.2 Å². The maximum Gasteiger partial charge on any atom is 0.307 e. The van der Waals surface area contributed by atoms with Gasteiger partial charge in [0.05, 0.1) is 23.3 Å². The zero-order valence-electron chi connectivity index (χ0n) is 14.9. The Morgan fingerprint density at radius 1 is 1.00 bits per heavy atom. The average molecular weight is 400 g/mol. The normalized spacial score (nSPS) is 11.2. The number of ether oxygens (including phenoxy) is 1. The number of carbonyl (C=O) groups is 1. The molecule has 28 heavy (non-hydrogen) atoms. The summed E-state index contributed by atoms with van der Waals surface area (Å²) in [7, 11) is -2.46. The van der Waals surface area contributed by atoms with Crippen molar-refractivity contribution in [2.24, 2.45) is 0 Å². The Morgan fingerprint density at radius 3 is 2.32 bits per heavy atom. The Bertz CT molecular complexity index is 1140. The first kappa shape index (κ1) is 19.6. The van der Waals surface area contributed by atoms with Crippen LogP contribution in [-0.4, -0.2) is 26.6 Å². The number of rotatable bonds is 6. The van der Waals surface area contributed by atoms with Gasteiger partial charge in [0, 0.05) is 11.6 Å². The molecule has 0 heterocycles. The van der Waals surface area contributed by atoms with Gasteiger partial charge in [0.1, 0.15) is 11.6 Å². The van der Waals surface area contributed by atoms with Gasteiger partial charge in [-0.2, -0.15) is 0 Å². The van der Waals surface area contributed by atoms with Gasteiger partial charge in [-0.05, 0) is 47.5 Å². The third kappa shape index (κ3) is 4.04. The fraction of sp³-hybridized carbons (Fsp3) is 0.0952. The Hall–Kier alpha value is -3.19. The van der Waals surface area contributed by atoms with E-state index in [4.69, 9.17) is 9.84 Å². The Balaban J connectivity index is 2.03.